The van der Waals surface area contributed by atoms with E-state index in [0.29, 0.717) is 0 Å². The number of rotatable bonds is 7. The smallest absolute Gasteiger partial charge is 0.417 e. The third kappa shape index (κ3) is 4.50. The van der Waals surface area contributed by atoms with E-state index in [1.807, 2.05) is 74.5 Å². The van der Waals surface area contributed by atoms with Gasteiger partial charge in [-0.2, -0.15) is 0 Å². The van der Waals surface area contributed by atoms with Crippen LogP contribution in [0.3, 0.4) is 0 Å². The Kier molecular flexibility index (Phi) is 6.53. The minimum absolute atomic E-state index is 0.120. The highest BCUT2D eigenvalue weighted by Gasteiger charge is 2.57. The molecule has 1 aliphatic rings. The van der Waals surface area contributed by atoms with Crippen molar-refractivity contribution in [3.8, 4) is 0 Å². The largest absolute Gasteiger partial charge is 0.440 e. The Balaban J connectivity index is 1.99. The molecule has 0 aliphatic carbocycles. The lowest BCUT2D eigenvalue weighted by molar-refractivity contribution is -0.178. The second-order valence-corrected chi connectivity index (χ2v) is 9.03. The van der Waals surface area contributed by atoms with Crippen LogP contribution in [0.15, 0.2) is 60.7 Å². The molecule has 31 heavy (non-hydrogen) atoms. The molecular formula is C25H31NO5. The van der Waals surface area contributed by atoms with E-state index in [0.717, 1.165) is 16.0 Å². The number of hydrogen-bond acceptors (Lipinski definition) is 5. The van der Waals surface area contributed by atoms with Crippen LogP contribution in [0, 0.1) is 5.92 Å². The van der Waals surface area contributed by atoms with Crippen molar-refractivity contribution in [2.24, 2.45) is 5.92 Å². The molecule has 2 aromatic carbocycles. The summed E-state index contributed by atoms with van der Waals surface area (Å²) in [5.41, 5.74) is -0.939. The molecule has 0 radical (unpaired) electrons. The SMILES string of the molecule is CC(C)[C@@H](O)[C@@](C)(OCc1ccccc1)C(=O)N1C(=O)OC(C)(C)[C@H]1c1ccccc1. The van der Waals surface area contributed by atoms with Crippen molar-refractivity contribution >= 4 is 12.0 Å². The van der Waals surface area contributed by atoms with Crippen LogP contribution in [-0.2, 0) is 20.9 Å². The fourth-order valence-corrected chi connectivity index (χ4v) is 4.09. The van der Waals surface area contributed by atoms with Crippen LogP contribution < -0.4 is 0 Å². The first-order valence-corrected chi connectivity index (χ1v) is 10.6. The van der Waals surface area contributed by atoms with Gasteiger partial charge in [0.05, 0.1) is 12.7 Å². The zero-order valence-corrected chi connectivity index (χ0v) is 18.7. The molecule has 0 saturated carbocycles. The van der Waals surface area contributed by atoms with E-state index in [1.165, 1.54) is 0 Å². The van der Waals surface area contributed by atoms with Crippen LogP contribution in [0.1, 0.15) is 51.8 Å². The van der Waals surface area contributed by atoms with E-state index < -0.39 is 35.3 Å². The number of hydrogen-bond donors (Lipinski definition) is 1. The van der Waals surface area contributed by atoms with Gasteiger partial charge < -0.3 is 14.6 Å². The summed E-state index contributed by atoms with van der Waals surface area (Å²) >= 11 is 0. The lowest BCUT2D eigenvalue weighted by Crippen LogP contribution is -2.58. The van der Waals surface area contributed by atoms with E-state index in [1.54, 1.807) is 20.8 Å². The first kappa shape index (κ1) is 23.0. The van der Waals surface area contributed by atoms with E-state index in [4.69, 9.17) is 9.47 Å². The van der Waals surface area contributed by atoms with Gasteiger partial charge in [-0.05, 0) is 37.8 Å². The zero-order valence-electron chi connectivity index (χ0n) is 18.7. The maximum absolute atomic E-state index is 13.9. The number of amides is 2. The molecule has 1 N–H and O–H groups in total. The highest BCUT2D eigenvalue weighted by atomic mass is 16.6. The molecule has 1 saturated heterocycles. The number of benzene rings is 2. The van der Waals surface area contributed by atoms with Crippen molar-refractivity contribution in [1.82, 2.24) is 4.90 Å². The predicted molar refractivity (Wildman–Crippen MR) is 117 cm³/mol. The summed E-state index contributed by atoms with van der Waals surface area (Å²) in [4.78, 5) is 27.8. The fourth-order valence-electron chi connectivity index (χ4n) is 4.09. The molecule has 0 spiro atoms. The average Bonchev–Trinajstić information content (AvgIpc) is 3.00. The molecule has 0 bridgehead atoms. The Morgan fingerprint density at radius 2 is 1.68 bits per heavy atom. The maximum atomic E-state index is 13.9. The summed E-state index contributed by atoms with van der Waals surface area (Å²) < 4.78 is 11.6. The van der Waals surface area contributed by atoms with Crippen molar-refractivity contribution in [1.29, 1.82) is 0 Å². The molecule has 0 aromatic heterocycles. The van der Waals surface area contributed by atoms with Crippen LogP contribution in [0.2, 0.25) is 0 Å². The normalized spacial score (nSPS) is 20.9. The number of nitrogens with zero attached hydrogens (tertiary/aromatic N) is 1. The topological polar surface area (TPSA) is 76.1 Å². The van der Waals surface area contributed by atoms with Crippen LogP contribution >= 0.6 is 0 Å². The van der Waals surface area contributed by atoms with Crippen LogP contribution in [0.5, 0.6) is 0 Å². The lowest BCUT2D eigenvalue weighted by Gasteiger charge is -2.39. The Labute approximate surface area is 183 Å². The van der Waals surface area contributed by atoms with E-state index in [2.05, 4.69) is 0 Å². The maximum Gasteiger partial charge on any atom is 0.417 e. The van der Waals surface area contributed by atoms with Crippen molar-refractivity contribution in [3.05, 3.63) is 71.8 Å². The highest BCUT2D eigenvalue weighted by molar-refractivity contribution is 5.99. The third-order valence-corrected chi connectivity index (χ3v) is 5.80. The van der Waals surface area contributed by atoms with Crippen molar-refractivity contribution in [2.45, 2.75) is 64.6 Å². The van der Waals surface area contributed by atoms with Gasteiger partial charge >= 0.3 is 6.09 Å². The number of ether oxygens (including phenoxy) is 2. The predicted octanol–water partition coefficient (Wildman–Crippen LogP) is 4.48. The summed E-state index contributed by atoms with van der Waals surface area (Å²) in [7, 11) is 0. The molecule has 3 atom stereocenters. The fraction of sp³-hybridized carbons (Fsp3) is 0.440. The standard InChI is InChI=1S/C25H31NO5/c1-17(2)21(27)25(5,30-16-18-12-8-6-9-13-18)22(28)26-20(19-14-10-7-11-15-19)24(3,4)31-23(26)29/h6-15,17,20-21,27H,16H2,1-5H3/t20-,21-,25-/m1/s1. The van der Waals surface area contributed by atoms with Gasteiger partial charge in [-0.1, -0.05) is 74.5 Å². The van der Waals surface area contributed by atoms with Gasteiger partial charge in [-0.25, -0.2) is 9.69 Å². The summed E-state index contributed by atoms with van der Waals surface area (Å²) in [6, 6.07) is 18.1. The van der Waals surface area contributed by atoms with Gasteiger partial charge in [0.1, 0.15) is 11.6 Å². The molecule has 2 amide bonds. The molecule has 6 nitrogen and oxygen atoms in total. The molecule has 1 heterocycles. The summed E-state index contributed by atoms with van der Waals surface area (Å²) in [6.45, 7) is 8.83. The quantitative estimate of drug-likeness (QED) is 0.708. The highest BCUT2D eigenvalue weighted by Crippen LogP contribution is 2.43. The van der Waals surface area contributed by atoms with Gasteiger partial charge in [0.2, 0.25) is 0 Å². The Hall–Kier alpha value is -2.70. The Morgan fingerprint density at radius 3 is 2.23 bits per heavy atom. The molecule has 2 aromatic rings. The average molecular weight is 426 g/mol. The number of carbonyl (C=O) groups excluding carboxylic acids is 2. The summed E-state index contributed by atoms with van der Waals surface area (Å²) in [5, 5.41) is 11.0. The number of cyclic esters (lactones) is 1. The summed E-state index contributed by atoms with van der Waals surface area (Å²) in [6.07, 6.45) is -1.87. The second kappa shape index (κ2) is 8.81. The molecule has 3 rings (SSSR count). The zero-order chi connectivity index (χ0) is 22.8. The number of aliphatic hydroxyl groups is 1. The lowest BCUT2D eigenvalue weighted by atomic mass is 9.86. The minimum atomic E-state index is -1.64. The van der Waals surface area contributed by atoms with Crippen molar-refractivity contribution in [2.75, 3.05) is 0 Å². The van der Waals surface area contributed by atoms with Gasteiger partial charge in [0.15, 0.2) is 5.60 Å². The molecule has 1 fully saturated rings. The van der Waals surface area contributed by atoms with Gasteiger partial charge in [-0.3, -0.25) is 4.79 Å². The van der Waals surface area contributed by atoms with E-state index >= 15 is 0 Å². The van der Waals surface area contributed by atoms with Crippen LogP contribution in [0.4, 0.5) is 4.79 Å². The molecule has 0 unspecified atom stereocenters. The van der Waals surface area contributed by atoms with Gasteiger partial charge in [-0.15, -0.1) is 0 Å². The van der Waals surface area contributed by atoms with E-state index in [-0.39, 0.29) is 12.5 Å². The molecule has 1 aliphatic heterocycles. The Bertz CT molecular complexity index is 912. The van der Waals surface area contributed by atoms with Crippen molar-refractivity contribution in [3.63, 3.8) is 0 Å². The first-order chi connectivity index (χ1) is 14.6. The van der Waals surface area contributed by atoms with Crippen LogP contribution in [0.25, 0.3) is 0 Å². The molecule has 166 valence electrons. The van der Waals surface area contributed by atoms with Gasteiger partial charge in [0.25, 0.3) is 5.91 Å². The van der Waals surface area contributed by atoms with Gasteiger partial charge in [0, 0.05) is 0 Å². The first-order valence-electron chi connectivity index (χ1n) is 10.6. The number of imide groups is 1. The third-order valence-electron chi connectivity index (χ3n) is 5.80. The molecular weight excluding hydrogens is 394 g/mol. The number of carbonyl (C=O) groups is 2. The molecule has 6 heteroatoms. The summed E-state index contributed by atoms with van der Waals surface area (Å²) in [5.74, 6) is -0.888. The van der Waals surface area contributed by atoms with Crippen LogP contribution in [-0.4, -0.2) is 39.3 Å². The number of aliphatic hydroxyl groups excluding tert-OH is 1. The van der Waals surface area contributed by atoms with E-state index in [9.17, 15) is 14.7 Å². The van der Waals surface area contributed by atoms with Crippen molar-refractivity contribution < 1.29 is 24.2 Å². The Morgan fingerprint density at radius 1 is 1.13 bits per heavy atom. The minimum Gasteiger partial charge on any atom is -0.440 e. The second-order valence-electron chi connectivity index (χ2n) is 9.03. The monoisotopic (exact) mass is 425 g/mol.